The van der Waals surface area contributed by atoms with Gasteiger partial charge in [-0.15, -0.1) is 0 Å². The lowest BCUT2D eigenvalue weighted by Crippen LogP contribution is -2.36. The highest BCUT2D eigenvalue weighted by atomic mass is 19.1. The molecule has 3 N–H and O–H groups in total. The third-order valence-corrected chi connectivity index (χ3v) is 3.10. The average Bonchev–Trinajstić information content (AvgIpc) is 3.01. The first kappa shape index (κ1) is 16.9. The maximum Gasteiger partial charge on any atom is 0.255 e. The highest BCUT2D eigenvalue weighted by Crippen LogP contribution is 2.20. The van der Waals surface area contributed by atoms with Crippen LogP contribution in [0.5, 0.6) is 5.75 Å². The number of nitrogens with one attached hydrogen (secondary N) is 1. The minimum atomic E-state index is -0.495. The molecule has 1 aromatic heterocycles. The normalized spacial score (nSPS) is 12.0. The van der Waals surface area contributed by atoms with E-state index in [0.29, 0.717) is 31.9 Å². The molecule has 23 heavy (non-hydrogen) atoms. The molecule has 0 unspecified atom stereocenters. The quantitative estimate of drug-likeness (QED) is 0.706. The van der Waals surface area contributed by atoms with Crippen LogP contribution >= 0.6 is 0 Å². The lowest BCUT2D eigenvalue weighted by atomic mass is 10.1. The maximum atomic E-state index is 13.5. The molecule has 0 bridgehead atoms. The second-order valence-electron chi connectivity index (χ2n) is 5.12. The molecule has 1 amide bonds. The largest absolute Gasteiger partial charge is 0.493 e. The molecule has 124 valence electrons. The van der Waals surface area contributed by atoms with E-state index in [4.69, 9.17) is 10.5 Å². The topological polar surface area (TPSA) is 95.1 Å². The van der Waals surface area contributed by atoms with E-state index in [1.54, 1.807) is 11.0 Å². The summed E-state index contributed by atoms with van der Waals surface area (Å²) in [7, 11) is 0. The van der Waals surface area contributed by atoms with Gasteiger partial charge in [0.05, 0.1) is 18.7 Å². The van der Waals surface area contributed by atoms with Crippen molar-refractivity contribution in [3.63, 3.8) is 0 Å². The molecule has 1 atom stereocenters. The molecule has 0 saturated carbocycles. The van der Waals surface area contributed by atoms with Gasteiger partial charge in [0, 0.05) is 6.04 Å². The van der Waals surface area contributed by atoms with Gasteiger partial charge in [-0.1, -0.05) is 0 Å². The molecule has 0 saturated heterocycles. The van der Waals surface area contributed by atoms with E-state index in [-0.39, 0.29) is 11.6 Å². The number of aromatic nitrogens is 3. The molecule has 0 fully saturated rings. The zero-order valence-electron chi connectivity index (χ0n) is 12.9. The van der Waals surface area contributed by atoms with E-state index in [9.17, 15) is 9.18 Å². The van der Waals surface area contributed by atoms with Crippen molar-refractivity contribution in [2.75, 3.05) is 13.2 Å². The predicted octanol–water partition coefficient (Wildman–Crippen LogP) is 0.963. The maximum absolute atomic E-state index is 13.5. The second-order valence-corrected chi connectivity index (χ2v) is 5.12. The Bertz CT molecular complexity index is 633. The number of ether oxygens (including phenoxy) is 1. The smallest absolute Gasteiger partial charge is 0.255 e. The standard InChI is InChI=1S/C15H20FN5O2/c1-11(8-21-10-18-9-19-21)20-15(22)13-7-12(16)3-4-14(13)23-6-2-5-17/h3-4,7,9-11H,2,5-6,8,17H2,1H3,(H,20,22)/t11-/m1/s1. The van der Waals surface area contributed by atoms with Crippen LogP contribution in [0.4, 0.5) is 4.39 Å². The van der Waals surface area contributed by atoms with Crippen molar-refractivity contribution in [1.82, 2.24) is 20.1 Å². The summed E-state index contributed by atoms with van der Waals surface area (Å²) in [6, 6.07) is 3.66. The molecule has 0 aliphatic rings. The molecule has 2 rings (SSSR count). The van der Waals surface area contributed by atoms with Gasteiger partial charge in [-0.25, -0.2) is 9.37 Å². The molecule has 1 heterocycles. The van der Waals surface area contributed by atoms with Crippen LogP contribution in [0.1, 0.15) is 23.7 Å². The summed E-state index contributed by atoms with van der Waals surface area (Å²) in [6.45, 7) is 3.15. The molecule has 0 aliphatic carbocycles. The van der Waals surface area contributed by atoms with E-state index in [0.717, 1.165) is 6.07 Å². The summed E-state index contributed by atoms with van der Waals surface area (Å²) in [5.74, 6) is -0.560. The van der Waals surface area contributed by atoms with E-state index in [1.165, 1.54) is 18.5 Å². The molecule has 8 heteroatoms. The Morgan fingerprint density at radius 1 is 1.52 bits per heavy atom. The summed E-state index contributed by atoms with van der Waals surface area (Å²) in [5.41, 5.74) is 5.57. The monoisotopic (exact) mass is 321 g/mol. The zero-order valence-corrected chi connectivity index (χ0v) is 12.9. The Hall–Kier alpha value is -2.48. The van der Waals surface area contributed by atoms with Gasteiger partial charge in [0.2, 0.25) is 0 Å². The number of nitrogens with zero attached hydrogens (tertiary/aromatic N) is 3. The van der Waals surface area contributed by atoms with Crippen LogP contribution < -0.4 is 15.8 Å². The van der Waals surface area contributed by atoms with Crippen molar-refractivity contribution in [1.29, 1.82) is 0 Å². The Balaban J connectivity index is 2.03. The van der Waals surface area contributed by atoms with Crippen molar-refractivity contribution in [3.05, 3.63) is 42.2 Å². The Morgan fingerprint density at radius 2 is 2.35 bits per heavy atom. The van der Waals surface area contributed by atoms with E-state index >= 15 is 0 Å². The van der Waals surface area contributed by atoms with Crippen LogP contribution in [0, 0.1) is 5.82 Å². The fourth-order valence-electron chi connectivity index (χ4n) is 2.03. The highest BCUT2D eigenvalue weighted by Gasteiger charge is 2.16. The first-order valence-electron chi connectivity index (χ1n) is 7.36. The van der Waals surface area contributed by atoms with Gasteiger partial charge >= 0.3 is 0 Å². The van der Waals surface area contributed by atoms with Gasteiger partial charge in [-0.05, 0) is 38.1 Å². The van der Waals surface area contributed by atoms with E-state index in [2.05, 4.69) is 15.4 Å². The van der Waals surface area contributed by atoms with Crippen molar-refractivity contribution >= 4 is 5.91 Å². The number of hydrogen-bond donors (Lipinski definition) is 2. The lowest BCUT2D eigenvalue weighted by molar-refractivity contribution is 0.0931. The molecule has 2 aromatic rings. The number of benzene rings is 1. The van der Waals surface area contributed by atoms with E-state index < -0.39 is 11.7 Å². The SMILES string of the molecule is C[C@H](Cn1cncn1)NC(=O)c1cc(F)ccc1OCCCN. The highest BCUT2D eigenvalue weighted by molar-refractivity contribution is 5.97. The van der Waals surface area contributed by atoms with Crippen molar-refractivity contribution in [2.24, 2.45) is 5.73 Å². The fourth-order valence-corrected chi connectivity index (χ4v) is 2.03. The molecule has 0 spiro atoms. The number of rotatable bonds is 8. The molecule has 0 aliphatic heterocycles. The van der Waals surface area contributed by atoms with Gasteiger partial charge in [0.15, 0.2) is 0 Å². The predicted molar refractivity (Wildman–Crippen MR) is 82.5 cm³/mol. The lowest BCUT2D eigenvalue weighted by Gasteiger charge is -2.16. The first-order chi connectivity index (χ1) is 11.1. The van der Waals surface area contributed by atoms with Gasteiger partial charge in [0.25, 0.3) is 5.91 Å². The summed E-state index contributed by atoms with van der Waals surface area (Å²) in [4.78, 5) is 16.2. The van der Waals surface area contributed by atoms with Crippen LogP contribution in [0.15, 0.2) is 30.9 Å². The average molecular weight is 321 g/mol. The van der Waals surface area contributed by atoms with Crippen molar-refractivity contribution in [3.8, 4) is 5.75 Å². The van der Waals surface area contributed by atoms with Crippen LogP contribution in [0.25, 0.3) is 0 Å². The number of halogens is 1. The van der Waals surface area contributed by atoms with Gasteiger partial charge in [-0.2, -0.15) is 5.10 Å². The Morgan fingerprint density at radius 3 is 3.04 bits per heavy atom. The van der Waals surface area contributed by atoms with Crippen LogP contribution in [0.3, 0.4) is 0 Å². The van der Waals surface area contributed by atoms with E-state index in [1.807, 2.05) is 6.92 Å². The second kappa shape index (κ2) is 8.23. The van der Waals surface area contributed by atoms with Crippen LogP contribution in [-0.4, -0.2) is 39.9 Å². The molecular weight excluding hydrogens is 301 g/mol. The number of nitrogens with two attached hydrogens (primary N) is 1. The van der Waals surface area contributed by atoms with Crippen LogP contribution in [0.2, 0.25) is 0 Å². The molecule has 1 aromatic carbocycles. The molecule has 0 radical (unpaired) electrons. The summed E-state index contributed by atoms with van der Waals surface area (Å²) >= 11 is 0. The minimum absolute atomic E-state index is 0.160. The Kier molecular flexibility index (Phi) is 6.04. The Labute approximate surface area is 133 Å². The summed E-state index contributed by atoms with van der Waals surface area (Å²) < 4.78 is 20.6. The fraction of sp³-hybridized carbons (Fsp3) is 0.400. The third-order valence-electron chi connectivity index (χ3n) is 3.10. The van der Waals surface area contributed by atoms with Crippen LogP contribution in [-0.2, 0) is 6.54 Å². The number of hydrogen-bond acceptors (Lipinski definition) is 5. The number of carbonyl (C=O) groups excluding carboxylic acids is 1. The third kappa shape index (κ3) is 5.03. The molecule has 7 nitrogen and oxygen atoms in total. The minimum Gasteiger partial charge on any atom is -0.493 e. The van der Waals surface area contributed by atoms with Crippen molar-refractivity contribution < 1.29 is 13.9 Å². The summed E-state index contributed by atoms with van der Waals surface area (Å²) in [5, 5.41) is 6.77. The van der Waals surface area contributed by atoms with Crippen molar-refractivity contribution in [2.45, 2.75) is 25.9 Å². The number of amides is 1. The first-order valence-corrected chi connectivity index (χ1v) is 7.36. The molecular formula is C15H20FN5O2. The number of carbonyl (C=O) groups is 1. The van der Waals surface area contributed by atoms with Gasteiger partial charge < -0.3 is 15.8 Å². The summed E-state index contributed by atoms with van der Waals surface area (Å²) in [6.07, 6.45) is 3.64. The van der Waals surface area contributed by atoms with Gasteiger partial charge in [-0.3, -0.25) is 9.48 Å². The zero-order chi connectivity index (χ0) is 16.7. The van der Waals surface area contributed by atoms with Gasteiger partial charge in [0.1, 0.15) is 24.2 Å².